The molecular weight excluding hydrogens is 236 g/mol. The number of benzene rings is 1. The fraction of sp³-hybridized carbons (Fsp3) is 0.375. The second kappa shape index (κ2) is 9.86. The van der Waals surface area contributed by atoms with Crippen LogP contribution in [0, 0.1) is 0 Å². The van der Waals surface area contributed by atoms with E-state index in [9.17, 15) is 0 Å². The molecule has 0 saturated heterocycles. The van der Waals surface area contributed by atoms with Gasteiger partial charge >= 0.3 is 0 Å². The fourth-order valence-electron chi connectivity index (χ4n) is 1.61. The van der Waals surface area contributed by atoms with Crippen molar-refractivity contribution in [3.05, 3.63) is 54.8 Å². The predicted octanol–water partition coefficient (Wildman–Crippen LogP) is 3.29. The summed E-state index contributed by atoms with van der Waals surface area (Å²) in [7, 11) is 0.727. The van der Waals surface area contributed by atoms with Gasteiger partial charge in [-0.05, 0) is 25.7 Å². The van der Waals surface area contributed by atoms with Gasteiger partial charge in [-0.25, -0.2) is 0 Å². The zero-order chi connectivity index (χ0) is 13.1. The van der Waals surface area contributed by atoms with Gasteiger partial charge < -0.3 is 4.74 Å². The van der Waals surface area contributed by atoms with Crippen LogP contribution in [0.2, 0.25) is 0 Å². The topological polar surface area (TPSA) is 9.23 Å². The highest BCUT2D eigenvalue weighted by molar-refractivity contribution is 6.60. The van der Waals surface area contributed by atoms with E-state index in [0.717, 1.165) is 48.4 Å². The Morgan fingerprint density at radius 1 is 1.17 bits per heavy atom. The summed E-state index contributed by atoms with van der Waals surface area (Å²) in [5.41, 5.74) is 0. The van der Waals surface area contributed by atoms with Crippen LogP contribution < -0.4 is 5.19 Å². The van der Waals surface area contributed by atoms with Crippen LogP contribution in [0.25, 0.3) is 0 Å². The SMILES string of the molecule is C=CCCCOCCCC(=C)[Si]c1ccccc1. The molecule has 0 spiro atoms. The molecule has 1 aromatic carbocycles. The fourth-order valence-corrected chi connectivity index (χ4v) is 2.68. The lowest BCUT2D eigenvalue weighted by Crippen LogP contribution is -2.15. The lowest BCUT2D eigenvalue weighted by atomic mass is 10.3. The molecule has 1 aromatic rings. The van der Waals surface area contributed by atoms with Gasteiger partial charge in [-0.1, -0.05) is 46.8 Å². The molecule has 0 amide bonds. The largest absolute Gasteiger partial charge is 0.381 e. The van der Waals surface area contributed by atoms with Crippen LogP contribution in [-0.2, 0) is 4.74 Å². The van der Waals surface area contributed by atoms with Crippen molar-refractivity contribution >= 4 is 14.7 Å². The van der Waals surface area contributed by atoms with E-state index >= 15 is 0 Å². The maximum atomic E-state index is 5.55. The first-order valence-corrected chi connectivity index (χ1v) is 7.51. The first-order chi connectivity index (χ1) is 8.83. The molecule has 0 aliphatic rings. The van der Waals surface area contributed by atoms with Gasteiger partial charge in [0.1, 0.15) is 9.52 Å². The summed E-state index contributed by atoms with van der Waals surface area (Å²) < 4.78 is 5.55. The van der Waals surface area contributed by atoms with Crippen molar-refractivity contribution in [1.29, 1.82) is 0 Å². The molecule has 0 heterocycles. The number of hydrogen-bond acceptors (Lipinski definition) is 1. The molecule has 1 nitrogen and oxygen atoms in total. The van der Waals surface area contributed by atoms with Gasteiger partial charge in [0.15, 0.2) is 0 Å². The van der Waals surface area contributed by atoms with Crippen molar-refractivity contribution in [1.82, 2.24) is 0 Å². The molecule has 2 radical (unpaired) electrons. The number of rotatable bonds is 10. The van der Waals surface area contributed by atoms with Crippen LogP contribution in [0.4, 0.5) is 0 Å². The summed E-state index contributed by atoms with van der Waals surface area (Å²) in [4.78, 5) is 0. The van der Waals surface area contributed by atoms with Gasteiger partial charge in [0.05, 0.1) is 0 Å². The molecule has 0 atom stereocenters. The average Bonchev–Trinajstić information content (AvgIpc) is 2.39. The van der Waals surface area contributed by atoms with E-state index in [-0.39, 0.29) is 0 Å². The molecule has 0 saturated carbocycles. The quantitative estimate of drug-likeness (QED) is 0.355. The van der Waals surface area contributed by atoms with E-state index in [1.165, 1.54) is 10.4 Å². The summed E-state index contributed by atoms with van der Waals surface area (Å²) in [6, 6.07) is 10.5. The van der Waals surface area contributed by atoms with Crippen LogP contribution in [0.5, 0.6) is 0 Å². The standard InChI is InChI=1S/C16H22OSi/c1-3-4-8-13-17-14-9-10-15(2)18-16-11-6-5-7-12-16/h3,5-7,11-12H,1-2,4,8-10,13-14H2. The van der Waals surface area contributed by atoms with E-state index in [1.807, 2.05) is 12.1 Å². The van der Waals surface area contributed by atoms with E-state index in [4.69, 9.17) is 4.74 Å². The van der Waals surface area contributed by atoms with Crippen molar-refractivity contribution in [2.75, 3.05) is 13.2 Å². The van der Waals surface area contributed by atoms with Gasteiger partial charge in [-0.2, -0.15) is 0 Å². The van der Waals surface area contributed by atoms with Gasteiger partial charge in [-0.15, -0.1) is 13.2 Å². The molecule has 2 heteroatoms. The first kappa shape index (κ1) is 14.9. The number of allylic oxidation sites excluding steroid dienone is 2. The van der Waals surface area contributed by atoms with E-state index in [1.54, 1.807) is 0 Å². The zero-order valence-electron chi connectivity index (χ0n) is 11.0. The molecule has 0 aliphatic carbocycles. The van der Waals surface area contributed by atoms with Crippen LogP contribution in [0.3, 0.4) is 0 Å². The lowest BCUT2D eigenvalue weighted by Gasteiger charge is -2.06. The third-order valence-electron chi connectivity index (χ3n) is 2.56. The van der Waals surface area contributed by atoms with E-state index in [0.29, 0.717) is 0 Å². The smallest absolute Gasteiger partial charge is 0.115 e. The molecule has 0 aliphatic heterocycles. The Kier molecular flexibility index (Phi) is 8.18. The molecule has 0 N–H and O–H groups in total. The summed E-state index contributed by atoms with van der Waals surface area (Å²) in [5, 5.41) is 2.69. The Balaban J connectivity index is 2.02. The number of hydrogen-bond donors (Lipinski definition) is 0. The lowest BCUT2D eigenvalue weighted by molar-refractivity contribution is 0.130. The molecule has 0 unspecified atom stereocenters. The van der Waals surface area contributed by atoms with Gasteiger partial charge in [0.25, 0.3) is 0 Å². The maximum Gasteiger partial charge on any atom is 0.115 e. The van der Waals surface area contributed by atoms with Gasteiger partial charge in [0, 0.05) is 13.2 Å². The van der Waals surface area contributed by atoms with Gasteiger partial charge in [-0.3, -0.25) is 0 Å². The zero-order valence-corrected chi connectivity index (χ0v) is 12.0. The van der Waals surface area contributed by atoms with Crippen molar-refractivity contribution in [2.24, 2.45) is 0 Å². The highest BCUT2D eigenvalue weighted by atomic mass is 28.2. The van der Waals surface area contributed by atoms with E-state index < -0.39 is 0 Å². The minimum atomic E-state index is 0.727. The van der Waals surface area contributed by atoms with Crippen LogP contribution in [0.15, 0.2) is 54.8 Å². The highest BCUT2D eigenvalue weighted by Crippen LogP contribution is 2.02. The Bertz CT molecular complexity index is 345. The minimum Gasteiger partial charge on any atom is -0.381 e. The van der Waals surface area contributed by atoms with E-state index in [2.05, 4.69) is 37.4 Å². The highest BCUT2D eigenvalue weighted by Gasteiger charge is 1.99. The molecule has 0 bridgehead atoms. The van der Waals surface area contributed by atoms with Gasteiger partial charge in [0.2, 0.25) is 0 Å². The molecule has 96 valence electrons. The molecule has 1 rings (SSSR count). The summed E-state index contributed by atoms with van der Waals surface area (Å²) in [6.45, 7) is 9.52. The summed E-state index contributed by atoms with van der Waals surface area (Å²) >= 11 is 0. The normalized spacial score (nSPS) is 10.2. The third-order valence-corrected chi connectivity index (χ3v) is 3.78. The maximum absolute atomic E-state index is 5.55. The molecule has 0 aromatic heterocycles. The predicted molar refractivity (Wildman–Crippen MR) is 80.5 cm³/mol. The Labute approximate surface area is 113 Å². The Morgan fingerprint density at radius 3 is 2.61 bits per heavy atom. The first-order valence-electron chi connectivity index (χ1n) is 6.51. The summed E-state index contributed by atoms with van der Waals surface area (Å²) in [5.74, 6) is 0. The molecule has 18 heavy (non-hydrogen) atoms. The second-order valence-electron chi connectivity index (χ2n) is 4.24. The van der Waals surface area contributed by atoms with Crippen molar-refractivity contribution in [3.63, 3.8) is 0 Å². The molecular formula is C16H22OSi. The minimum absolute atomic E-state index is 0.727. The monoisotopic (exact) mass is 258 g/mol. The average molecular weight is 258 g/mol. The number of ether oxygens (including phenoxy) is 1. The van der Waals surface area contributed by atoms with Crippen LogP contribution in [-0.4, -0.2) is 22.7 Å². The Morgan fingerprint density at radius 2 is 1.89 bits per heavy atom. The van der Waals surface area contributed by atoms with Crippen molar-refractivity contribution in [2.45, 2.75) is 25.7 Å². The van der Waals surface area contributed by atoms with Crippen molar-refractivity contribution < 1.29 is 4.74 Å². The van der Waals surface area contributed by atoms with Crippen LogP contribution >= 0.6 is 0 Å². The third kappa shape index (κ3) is 7.25. The Hall–Kier alpha value is -1.12. The van der Waals surface area contributed by atoms with Crippen molar-refractivity contribution in [3.8, 4) is 0 Å². The second-order valence-corrected chi connectivity index (χ2v) is 5.78. The number of unbranched alkanes of at least 4 members (excludes halogenated alkanes) is 1. The summed E-state index contributed by atoms with van der Waals surface area (Å²) in [6.07, 6.45) is 6.20. The van der Waals surface area contributed by atoms with Crippen LogP contribution in [0.1, 0.15) is 25.7 Å². The molecule has 0 fully saturated rings.